The summed E-state index contributed by atoms with van der Waals surface area (Å²) in [5, 5.41) is 16.9. The van der Waals surface area contributed by atoms with Crippen LogP contribution in [0, 0.1) is 17.7 Å². The first-order chi connectivity index (χ1) is 25.8. The summed E-state index contributed by atoms with van der Waals surface area (Å²) >= 11 is 0. The highest BCUT2D eigenvalue weighted by Crippen LogP contribution is 2.34. The highest BCUT2D eigenvalue weighted by molar-refractivity contribution is 6.01. The topological polar surface area (TPSA) is 182 Å². The van der Waals surface area contributed by atoms with E-state index in [-0.39, 0.29) is 18.2 Å². The third-order valence-electron chi connectivity index (χ3n) is 9.27. The molecule has 2 aromatic heterocycles. The van der Waals surface area contributed by atoms with E-state index in [9.17, 15) is 14.4 Å². The fraction of sp³-hybridized carbons (Fsp3) is 0.462. The van der Waals surface area contributed by atoms with Crippen molar-refractivity contribution in [3.8, 4) is 28.4 Å². The molecule has 0 aliphatic heterocycles. The van der Waals surface area contributed by atoms with Crippen LogP contribution in [0.5, 0.6) is 5.88 Å². The smallest absolute Gasteiger partial charge is 0.407 e. The number of hydrogen-bond acceptors (Lipinski definition) is 10. The van der Waals surface area contributed by atoms with Crippen LogP contribution >= 0.6 is 0 Å². The quantitative estimate of drug-likeness (QED) is 0.138. The van der Waals surface area contributed by atoms with E-state index < -0.39 is 35.4 Å². The Morgan fingerprint density at radius 3 is 2.33 bits per heavy atom. The molecule has 2 aromatic carbocycles. The molecule has 1 atom stereocenters. The number of aromatic nitrogens is 5. The summed E-state index contributed by atoms with van der Waals surface area (Å²) in [5.74, 6) is -0.875. The lowest BCUT2D eigenvalue weighted by Crippen LogP contribution is -2.52. The number of nitrogens with two attached hydrogens (primary N) is 1. The number of halogens is 1. The first-order valence-corrected chi connectivity index (χ1v) is 18.2. The van der Waals surface area contributed by atoms with E-state index in [1.54, 1.807) is 54.7 Å². The molecule has 4 aromatic rings. The molecule has 0 bridgehead atoms. The minimum Gasteiger partial charge on any atom is -0.478 e. The molecule has 2 heterocycles. The van der Waals surface area contributed by atoms with Gasteiger partial charge in [-0.3, -0.25) is 14.5 Å². The first-order valence-electron chi connectivity index (χ1n) is 18.2. The number of hydrogen-bond donors (Lipinski definition) is 3. The van der Waals surface area contributed by atoms with Crippen molar-refractivity contribution >= 4 is 23.6 Å². The third kappa shape index (κ3) is 11.0. The second-order valence-electron chi connectivity index (χ2n) is 14.9. The van der Waals surface area contributed by atoms with Gasteiger partial charge in [-0.2, -0.15) is 5.21 Å². The number of anilines is 1. The van der Waals surface area contributed by atoms with Crippen LogP contribution in [0.25, 0.3) is 22.5 Å². The van der Waals surface area contributed by atoms with E-state index in [4.69, 9.17) is 15.2 Å². The van der Waals surface area contributed by atoms with Crippen LogP contribution in [0.2, 0.25) is 0 Å². The number of ether oxygens (including phenoxy) is 2. The number of amides is 3. The Hall–Kier alpha value is -5.44. The molecule has 1 fully saturated rings. The van der Waals surface area contributed by atoms with E-state index in [1.165, 1.54) is 11.0 Å². The zero-order chi connectivity index (χ0) is 38.8. The molecule has 5 rings (SSSR count). The van der Waals surface area contributed by atoms with E-state index in [0.29, 0.717) is 78.5 Å². The number of tetrazole rings is 1. The lowest BCUT2D eigenvalue weighted by Gasteiger charge is -2.36. The molecular formula is C39H50FN9O5. The predicted octanol–water partition coefficient (Wildman–Crippen LogP) is 5.16. The zero-order valence-electron chi connectivity index (χ0n) is 31.5. The van der Waals surface area contributed by atoms with Crippen molar-refractivity contribution in [2.75, 3.05) is 38.7 Å². The highest BCUT2D eigenvalue weighted by Gasteiger charge is 2.36. The summed E-state index contributed by atoms with van der Waals surface area (Å²) in [6.07, 6.45) is 4.43. The number of alkyl carbamates (subject to hydrolysis) is 1. The number of rotatable bonds is 15. The Labute approximate surface area is 315 Å². The Bertz CT molecular complexity index is 1840. The molecule has 4 N–H and O–H groups in total. The molecule has 1 aliphatic carbocycles. The van der Waals surface area contributed by atoms with Crippen LogP contribution in [0.1, 0.15) is 58.4 Å². The summed E-state index contributed by atoms with van der Waals surface area (Å²) in [5.41, 5.74) is 7.94. The molecule has 0 radical (unpaired) electrons. The Morgan fingerprint density at radius 2 is 1.74 bits per heavy atom. The average molecular weight is 744 g/mol. The summed E-state index contributed by atoms with van der Waals surface area (Å²) in [7, 11) is 4.00. The summed E-state index contributed by atoms with van der Waals surface area (Å²) in [4.78, 5) is 47.7. The maximum Gasteiger partial charge on any atom is 0.407 e. The normalized spacial score (nSPS) is 16.4. The number of carbonyl (C=O) groups is 3. The number of nitrogens with one attached hydrogen (secondary N) is 2. The van der Waals surface area contributed by atoms with Gasteiger partial charge in [0.15, 0.2) is 0 Å². The summed E-state index contributed by atoms with van der Waals surface area (Å²) < 4.78 is 26.8. The molecule has 0 unspecified atom stereocenters. The van der Waals surface area contributed by atoms with Crippen LogP contribution in [0.15, 0.2) is 60.8 Å². The van der Waals surface area contributed by atoms with Crippen molar-refractivity contribution in [1.29, 1.82) is 0 Å². The molecule has 0 spiro atoms. The molecule has 3 amide bonds. The zero-order valence-corrected chi connectivity index (χ0v) is 31.5. The molecule has 14 nitrogen and oxygen atoms in total. The Balaban J connectivity index is 1.32. The minimum atomic E-state index is -1.11. The van der Waals surface area contributed by atoms with Crippen molar-refractivity contribution in [1.82, 2.24) is 35.8 Å². The van der Waals surface area contributed by atoms with Crippen molar-refractivity contribution in [2.45, 2.75) is 70.9 Å². The molecule has 288 valence electrons. The van der Waals surface area contributed by atoms with E-state index in [2.05, 4.69) is 35.8 Å². The van der Waals surface area contributed by atoms with Gasteiger partial charge in [-0.05, 0) is 120 Å². The minimum absolute atomic E-state index is 0.0159. The van der Waals surface area contributed by atoms with Crippen LogP contribution in [0.3, 0.4) is 0 Å². The summed E-state index contributed by atoms with van der Waals surface area (Å²) in [6, 6.07) is 14.0. The van der Waals surface area contributed by atoms with Crippen LogP contribution in [-0.2, 0) is 20.7 Å². The van der Waals surface area contributed by atoms with Gasteiger partial charge in [0.25, 0.3) is 0 Å². The Kier molecular flexibility index (Phi) is 13.3. The number of H-pyrrole nitrogens is 1. The number of pyridine rings is 1. The van der Waals surface area contributed by atoms with Crippen molar-refractivity contribution < 1.29 is 28.2 Å². The third-order valence-corrected chi connectivity index (χ3v) is 9.27. The second kappa shape index (κ2) is 18.1. The lowest BCUT2D eigenvalue weighted by molar-refractivity contribution is -0.127. The van der Waals surface area contributed by atoms with Crippen LogP contribution in [0.4, 0.5) is 14.9 Å². The van der Waals surface area contributed by atoms with Crippen LogP contribution < -0.4 is 20.7 Å². The number of primary amides is 1. The van der Waals surface area contributed by atoms with Gasteiger partial charge in [0.2, 0.25) is 23.5 Å². The molecule has 1 saturated carbocycles. The number of aromatic amines is 1. The van der Waals surface area contributed by atoms with Gasteiger partial charge in [0.1, 0.15) is 17.5 Å². The van der Waals surface area contributed by atoms with Gasteiger partial charge < -0.3 is 25.4 Å². The second-order valence-corrected chi connectivity index (χ2v) is 14.9. The monoisotopic (exact) mass is 743 g/mol. The van der Waals surface area contributed by atoms with E-state index in [1.807, 2.05) is 34.9 Å². The van der Waals surface area contributed by atoms with Crippen molar-refractivity contribution in [3.05, 3.63) is 72.2 Å². The molecule has 15 heteroatoms. The maximum absolute atomic E-state index is 15.7. The number of benzene rings is 2. The molecule has 1 aliphatic rings. The Morgan fingerprint density at radius 1 is 1.02 bits per heavy atom. The van der Waals surface area contributed by atoms with E-state index >= 15 is 4.39 Å². The van der Waals surface area contributed by atoms with Gasteiger partial charge in [0.05, 0.1) is 6.61 Å². The fourth-order valence-corrected chi connectivity index (χ4v) is 6.51. The lowest BCUT2D eigenvalue weighted by atomic mass is 9.81. The summed E-state index contributed by atoms with van der Waals surface area (Å²) in [6.45, 7) is 7.27. The van der Waals surface area contributed by atoms with Gasteiger partial charge in [-0.25, -0.2) is 14.2 Å². The number of nitrogens with zero attached hydrogens (tertiary/aromatic N) is 6. The van der Waals surface area contributed by atoms with Gasteiger partial charge in [-0.1, -0.05) is 12.1 Å². The first kappa shape index (κ1) is 39.8. The fourth-order valence-electron chi connectivity index (χ4n) is 6.51. The predicted molar refractivity (Wildman–Crippen MR) is 202 cm³/mol. The van der Waals surface area contributed by atoms with Gasteiger partial charge >= 0.3 is 6.09 Å². The molecule has 0 saturated heterocycles. The SMILES string of the molecule is CN(C)CCCOc1ccc(-c2ccc(C[C@@H](C(N)=O)N(C(=O)C3CCC(CNC(=O)OC(C)(C)C)CC3)c3ccc(-c4nn[nH]n4)cc3)cc2F)cn1. The highest BCUT2D eigenvalue weighted by atomic mass is 19.1. The van der Waals surface area contributed by atoms with E-state index in [0.717, 1.165) is 13.0 Å². The average Bonchev–Trinajstić information content (AvgIpc) is 3.68. The molecular weight excluding hydrogens is 693 g/mol. The van der Waals surface area contributed by atoms with Crippen molar-refractivity contribution in [3.63, 3.8) is 0 Å². The van der Waals surface area contributed by atoms with Gasteiger partial charge in [-0.15, -0.1) is 10.2 Å². The number of carbonyl (C=O) groups excluding carboxylic acids is 3. The maximum atomic E-state index is 15.7. The van der Waals surface area contributed by atoms with Gasteiger partial charge in [0, 0.05) is 60.1 Å². The standard InChI is InChI=1S/C39H50FN9O5/c1-39(2,3)54-38(52)43-23-25-7-10-28(11-8-25)37(51)49(30-15-12-27(13-16-30)36-44-46-47-45-36)33(35(41)50)22-26-9-17-31(32(40)21-26)29-14-18-34(42-24-29)53-20-6-19-48(4)5/h9,12-18,21,24-25,28,33H,6-8,10-11,19-20,22-23H2,1-5H3,(H2,41,50)(H,43,52)(H,44,45,46,47)/t25?,28?,33-/m0/s1. The van der Waals surface area contributed by atoms with Crippen molar-refractivity contribution in [2.24, 2.45) is 17.6 Å². The molecule has 54 heavy (non-hydrogen) atoms. The largest absolute Gasteiger partial charge is 0.478 e. The van der Waals surface area contributed by atoms with Crippen LogP contribution in [-0.4, -0.2) is 93.9 Å².